The Morgan fingerprint density at radius 3 is 2.68 bits per heavy atom. The fourth-order valence-corrected chi connectivity index (χ4v) is 4.75. The normalized spacial score (nSPS) is 26.6. The Balaban J connectivity index is 1.37. The molecule has 0 amide bonds. The van der Waals surface area contributed by atoms with Gasteiger partial charge in [-0.15, -0.1) is 0 Å². The average molecular weight is 338 g/mol. The number of benzene rings is 1. The molecule has 2 atom stereocenters. The second-order valence-electron chi connectivity index (χ2n) is 7.51. The Labute approximate surface area is 149 Å². The van der Waals surface area contributed by atoms with E-state index < -0.39 is 0 Å². The van der Waals surface area contributed by atoms with Crippen LogP contribution in [0.15, 0.2) is 36.0 Å². The zero-order chi connectivity index (χ0) is 17.2. The fourth-order valence-electron chi connectivity index (χ4n) is 4.75. The summed E-state index contributed by atoms with van der Waals surface area (Å²) in [6.07, 6.45) is 9.12. The largest absolute Gasteiger partial charge is 0.382 e. The second-order valence-corrected chi connectivity index (χ2v) is 7.51. The highest BCUT2D eigenvalue weighted by molar-refractivity contribution is 6.24. The van der Waals surface area contributed by atoms with E-state index >= 15 is 0 Å². The number of carbonyl (C=O) groups is 2. The molecule has 0 radical (unpaired) electrons. The SMILES string of the molecule is O=C1C=C(NCCC2CCCN3CCCCC23)C(=O)c2ccccc21. The van der Waals surface area contributed by atoms with E-state index in [9.17, 15) is 9.59 Å². The molecule has 1 aliphatic carbocycles. The van der Waals surface area contributed by atoms with Gasteiger partial charge in [0, 0.05) is 29.8 Å². The maximum absolute atomic E-state index is 12.6. The molecule has 1 aromatic carbocycles. The van der Waals surface area contributed by atoms with Crippen LogP contribution in [0.3, 0.4) is 0 Å². The van der Waals surface area contributed by atoms with E-state index in [1.165, 1.54) is 51.3 Å². The van der Waals surface area contributed by atoms with Crippen LogP contribution in [0, 0.1) is 5.92 Å². The second kappa shape index (κ2) is 7.12. The molecular formula is C21H26N2O2. The summed E-state index contributed by atoms with van der Waals surface area (Å²) in [6.45, 7) is 3.27. The molecule has 1 N–H and O–H groups in total. The molecule has 1 aromatic rings. The van der Waals surface area contributed by atoms with Gasteiger partial charge in [0.05, 0.1) is 5.70 Å². The molecule has 2 saturated heterocycles. The molecule has 25 heavy (non-hydrogen) atoms. The van der Waals surface area contributed by atoms with E-state index in [0.717, 1.165) is 19.0 Å². The lowest BCUT2D eigenvalue weighted by molar-refractivity contribution is 0.0561. The number of allylic oxidation sites excluding steroid dienone is 2. The third-order valence-electron chi connectivity index (χ3n) is 6.02. The molecule has 0 saturated carbocycles. The molecule has 4 rings (SSSR count). The van der Waals surface area contributed by atoms with Gasteiger partial charge < -0.3 is 10.2 Å². The molecule has 3 aliphatic rings. The predicted octanol–water partition coefficient (Wildman–Crippen LogP) is 3.19. The van der Waals surface area contributed by atoms with Gasteiger partial charge in [-0.25, -0.2) is 0 Å². The van der Waals surface area contributed by atoms with Crippen LogP contribution in [0.25, 0.3) is 0 Å². The summed E-state index contributed by atoms with van der Waals surface area (Å²) in [6, 6.07) is 7.80. The number of fused-ring (bicyclic) bond motifs is 2. The summed E-state index contributed by atoms with van der Waals surface area (Å²) in [5, 5.41) is 3.26. The first-order valence-electron chi connectivity index (χ1n) is 9.62. The zero-order valence-corrected chi connectivity index (χ0v) is 14.7. The summed E-state index contributed by atoms with van der Waals surface area (Å²) in [4.78, 5) is 27.5. The molecule has 2 fully saturated rings. The zero-order valence-electron chi connectivity index (χ0n) is 14.7. The molecule has 0 bridgehead atoms. The van der Waals surface area contributed by atoms with Gasteiger partial charge >= 0.3 is 0 Å². The first-order valence-corrected chi connectivity index (χ1v) is 9.62. The molecule has 4 heteroatoms. The van der Waals surface area contributed by atoms with Crippen molar-refractivity contribution in [2.24, 2.45) is 5.92 Å². The van der Waals surface area contributed by atoms with Crippen LogP contribution in [0.5, 0.6) is 0 Å². The number of nitrogens with one attached hydrogen (secondary N) is 1. The van der Waals surface area contributed by atoms with Gasteiger partial charge in [-0.3, -0.25) is 9.59 Å². The third-order valence-corrected chi connectivity index (χ3v) is 6.02. The van der Waals surface area contributed by atoms with Crippen LogP contribution in [-0.2, 0) is 0 Å². The van der Waals surface area contributed by atoms with Gasteiger partial charge in [-0.1, -0.05) is 30.7 Å². The predicted molar refractivity (Wildman–Crippen MR) is 97.7 cm³/mol. The van der Waals surface area contributed by atoms with Crippen LogP contribution in [-0.4, -0.2) is 42.1 Å². The van der Waals surface area contributed by atoms with Crippen molar-refractivity contribution >= 4 is 11.6 Å². The Morgan fingerprint density at radius 2 is 1.80 bits per heavy atom. The lowest BCUT2D eigenvalue weighted by atomic mass is 9.81. The lowest BCUT2D eigenvalue weighted by Crippen LogP contribution is -2.48. The van der Waals surface area contributed by atoms with E-state index in [1.54, 1.807) is 18.2 Å². The van der Waals surface area contributed by atoms with Crippen molar-refractivity contribution in [1.29, 1.82) is 0 Å². The van der Waals surface area contributed by atoms with Gasteiger partial charge in [0.2, 0.25) is 5.78 Å². The fraction of sp³-hybridized carbons (Fsp3) is 0.524. The molecule has 2 unspecified atom stereocenters. The van der Waals surface area contributed by atoms with E-state index in [0.29, 0.717) is 22.7 Å². The minimum absolute atomic E-state index is 0.0573. The topological polar surface area (TPSA) is 49.4 Å². The molecule has 2 aliphatic heterocycles. The van der Waals surface area contributed by atoms with Crippen LogP contribution in [0.1, 0.15) is 59.2 Å². The Bertz CT molecular complexity index is 708. The quantitative estimate of drug-likeness (QED) is 0.916. The van der Waals surface area contributed by atoms with Crippen molar-refractivity contribution < 1.29 is 9.59 Å². The first-order chi connectivity index (χ1) is 12.2. The highest BCUT2D eigenvalue weighted by Gasteiger charge is 2.32. The lowest BCUT2D eigenvalue weighted by Gasteiger charge is -2.44. The molecule has 132 valence electrons. The number of hydrogen-bond donors (Lipinski definition) is 1. The standard InChI is InChI=1S/C21H26N2O2/c24-20-14-18(21(25)17-8-2-1-7-16(17)20)22-11-10-15-6-5-13-23-12-4-3-9-19(15)23/h1-2,7-8,14-15,19,22H,3-6,9-13H2. The molecule has 0 spiro atoms. The smallest absolute Gasteiger partial charge is 0.209 e. The van der Waals surface area contributed by atoms with E-state index in [1.807, 2.05) is 6.07 Å². The van der Waals surface area contributed by atoms with Gasteiger partial charge in [-0.05, 0) is 51.1 Å². The number of carbonyl (C=O) groups excluding carboxylic acids is 2. The summed E-state index contributed by atoms with van der Waals surface area (Å²) in [5.74, 6) is 0.579. The van der Waals surface area contributed by atoms with Gasteiger partial charge in [0.25, 0.3) is 0 Å². The summed E-state index contributed by atoms with van der Waals surface area (Å²) in [7, 11) is 0. The van der Waals surface area contributed by atoms with Gasteiger partial charge in [0.1, 0.15) is 0 Å². The van der Waals surface area contributed by atoms with Crippen molar-refractivity contribution in [3.05, 3.63) is 47.2 Å². The first kappa shape index (κ1) is 16.5. The van der Waals surface area contributed by atoms with Gasteiger partial charge in [-0.2, -0.15) is 0 Å². The number of rotatable bonds is 4. The maximum Gasteiger partial charge on any atom is 0.209 e. The third kappa shape index (κ3) is 3.28. The minimum atomic E-state index is -0.0752. The highest BCUT2D eigenvalue weighted by atomic mass is 16.1. The van der Waals surface area contributed by atoms with Gasteiger partial charge in [0.15, 0.2) is 5.78 Å². The molecule has 0 aromatic heterocycles. The number of hydrogen-bond acceptors (Lipinski definition) is 4. The number of Topliss-reactive ketones (excluding diaryl/α,β-unsaturated/α-hetero) is 1. The number of piperidine rings is 2. The van der Waals surface area contributed by atoms with Crippen LogP contribution >= 0.6 is 0 Å². The van der Waals surface area contributed by atoms with Crippen molar-refractivity contribution in [1.82, 2.24) is 10.2 Å². The monoisotopic (exact) mass is 338 g/mol. The maximum atomic E-state index is 12.6. The van der Waals surface area contributed by atoms with E-state index in [2.05, 4.69) is 10.2 Å². The Morgan fingerprint density at radius 1 is 1.00 bits per heavy atom. The van der Waals surface area contributed by atoms with Crippen molar-refractivity contribution in [3.8, 4) is 0 Å². The van der Waals surface area contributed by atoms with Crippen LogP contribution < -0.4 is 5.32 Å². The molecular weight excluding hydrogens is 312 g/mol. The number of nitrogens with zero attached hydrogens (tertiary/aromatic N) is 1. The molecule has 4 nitrogen and oxygen atoms in total. The molecule has 2 heterocycles. The Kier molecular flexibility index (Phi) is 4.71. The number of ketones is 2. The Hall–Kier alpha value is -1.94. The van der Waals surface area contributed by atoms with E-state index in [-0.39, 0.29) is 11.6 Å². The van der Waals surface area contributed by atoms with E-state index in [4.69, 9.17) is 0 Å². The highest BCUT2D eigenvalue weighted by Crippen LogP contribution is 2.32. The van der Waals surface area contributed by atoms with Crippen molar-refractivity contribution in [2.75, 3.05) is 19.6 Å². The summed E-state index contributed by atoms with van der Waals surface area (Å²) in [5.41, 5.74) is 1.50. The van der Waals surface area contributed by atoms with Crippen molar-refractivity contribution in [2.45, 2.75) is 44.6 Å². The summed E-state index contributed by atoms with van der Waals surface area (Å²) < 4.78 is 0. The van der Waals surface area contributed by atoms with Crippen LogP contribution in [0.2, 0.25) is 0 Å². The summed E-state index contributed by atoms with van der Waals surface area (Å²) >= 11 is 0. The minimum Gasteiger partial charge on any atom is -0.382 e. The van der Waals surface area contributed by atoms with Crippen molar-refractivity contribution in [3.63, 3.8) is 0 Å². The average Bonchev–Trinajstić information content (AvgIpc) is 2.66. The van der Waals surface area contributed by atoms with Crippen LogP contribution in [0.4, 0.5) is 0 Å².